The van der Waals surface area contributed by atoms with E-state index >= 15 is 0 Å². The van der Waals surface area contributed by atoms with Gasteiger partial charge in [0.15, 0.2) is 0 Å². The Bertz CT molecular complexity index is 813. The molecule has 0 radical (unpaired) electrons. The number of fused-ring (bicyclic) bond motifs is 2. The van der Waals surface area contributed by atoms with Gasteiger partial charge in [0.05, 0.1) is 5.92 Å². The number of carbonyl (C=O) groups is 1. The molecule has 0 heterocycles. The van der Waals surface area contributed by atoms with Crippen LogP contribution in [0.2, 0.25) is 0 Å². The molecule has 1 N–H and O–H groups in total. The highest BCUT2D eigenvalue weighted by atomic mass is 16.5. The summed E-state index contributed by atoms with van der Waals surface area (Å²) in [5, 5.41) is 11.8. The molecule has 0 saturated heterocycles. The molecule has 2 aromatic rings. The number of carboxylic acids is 1. The van der Waals surface area contributed by atoms with Gasteiger partial charge in [-0.2, -0.15) is 0 Å². The zero-order valence-electron chi connectivity index (χ0n) is 15.2. The zero-order chi connectivity index (χ0) is 17.8. The SMILES string of the molecule is CCC(C(=O)O)C1[C@H]2CC(C)(Oc3cccc4ccc(C)cc34)C[C@@H]12. The number of benzene rings is 2. The molecule has 3 unspecified atom stereocenters. The normalized spacial score (nSPS) is 31.6. The smallest absolute Gasteiger partial charge is 0.306 e. The second-order valence-electron chi connectivity index (χ2n) is 8.20. The van der Waals surface area contributed by atoms with Crippen LogP contribution in [0.4, 0.5) is 0 Å². The summed E-state index contributed by atoms with van der Waals surface area (Å²) in [6, 6.07) is 12.7. The number of aryl methyl sites for hydroxylation is 1. The van der Waals surface area contributed by atoms with Crippen molar-refractivity contribution >= 4 is 16.7 Å². The summed E-state index contributed by atoms with van der Waals surface area (Å²) in [5.74, 6) is 1.53. The fourth-order valence-corrected chi connectivity index (χ4v) is 5.13. The maximum atomic E-state index is 11.4. The van der Waals surface area contributed by atoms with Crippen molar-refractivity contribution in [3.8, 4) is 5.75 Å². The third-order valence-corrected chi connectivity index (χ3v) is 6.31. The van der Waals surface area contributed by atoms with Crippen molar-refractivity contribution in [1.29, 1.82) is 0 Å². The second-order valence-corrected chi connectivity index (χ2v) is 8.20. The first kappa shape index (κ1) is 16.4. The van der Waals surface area contributed by atoms with E-state index in [-0.39, 0.29) is 11.5 Å². The van der Waals surface area contributed by atoms with Crippen molar-refractivity contribution in [1.82, 2.24) is 0 Å². The number of hydrogen-bond acceptors (Lipinski definition) is 2. The van der Waals surface area contributed by atoms with E-state index in [2.05, 4.69) is 44.2 Å². The molecule has 2 aliphatic carbocycles. The summed E-state index contributed by atoms with van der Waals surface area (Å²) < 4.78 is 6.51. The molecular formula is C22H26O3. The lowest BCUT2D eigenvalue weighted by Crippen LogP contribution is -2.32. The van der Waals surface area contributed by atoms with E-state index in [1.54, 1.807) is 0 Å². The van der Waals surface area contributed by atoms with E-state index in [0.717, 1.165) is 30.4 Å². The topological polar surface area (TPSA) is 46.5 Å². The third kappa shape index (κ3) is 2.80. The van der Waals surface area contributed by atoms with Crippen molar-refractivity contribution in [2.24, 2.45) is 23.7 Å². The van der Waals surface area contributed by atoms with E-state index < -0.39 is 5.97 Å². The molecule has 0 aliphatic heterocycles. The minimum absolute atomic E-state index is 0.180. The van der Waals surface area contributed by atoms with Gasteiger partial charge in [0, 0.05) is 5.39 Å². The number of rotatable bonds is 5. The van der Waals surface area contributed by atoms with Crippen LogP contribution in [0.25, 0.3) is 10.8 Å². The average Bonchev–Trinajstić information content (AvgIpc) is 3.05. The van der Waals surface area contributed by atoms with E-state index in [1.165, 1.54) is 10.9 Å². The molecule has 3 nitrogen and oxygen atoms in total. The third-order valence-electron chi connectivity index (χ3n) is 6.31. The van der Waals surface area contributed by atoms with Crippen molar-refractivity contribution in [3.63, 3.8) is 0 Å². The minimum Gasteiger partial charge on any atom is -0.487 e. The first-order valence-corrected chi connectivity index (χ1v) is 9.33. The summed E-state index contributed by atoms with van der Waals surface area (Å²) >= 11 is 0. The molecule has 25 heavy (non-hydrogen) atoms. The Morgan fingerprint density at radius 3 is 2.64 bits per heavy atom. The van der Waals surface area contributed by atoms with E-state index in [9.17, 15) is 9.90 Å². The molecule has 0 amide bonds. The van der Waals surface area contributed by atoms with Crippen LogP contribution < -0.4 is 4.74 Å². The highest BCUT2D eigenvalue weighted by Gasteiger charge is 2.64. The van der Waals surface area contributed by atoms with Crippen LogP contribution in [0.5, 0.6) is 5.75 Å². The van der Waals surface area contributed by atoms with Gasteiger partial charge in [0.25, 0.3) is 0 Å². The summed E-state index contributed by atoms with van der Waals surface area (Å²) in [6.07, 6.45) is 2.66. The van der Waals surface area contributed by atoms with Crippen LogP contribution in [0.3, 0.4) is 0 Å². The Morgan fingerprint density at radius 2 is 2.00 bits per heavy atom. The largest absolute Gasteiger partial charge is 0.487 e. The van der Waals surface area contributed by atoms with Crippen molar-refractivity contribution in [2.45, 2.75) is 45.6 Å². The average molecular weight is 338 g/mol. The van der Waals surface area contributed by atoms with Gasteiger partial charge in [-0.15, -0.1) is 0 Å². The fraction of sp³-hybridized carbons (Fsp3) is 0.500. The van der Waals surface area contributed by atoms with Crippen molar-refractivity contribution in [2.75, 3.05) is 0 Å². The van der Waals surface area contributed by atoms with Crippen LogP contribution >= 0.6 is 0 Å². The summed E-state index contributed by atoms with van der Waals surface area (Å²) in [4.78, 5) is 11.4. The predicted octanol–water partition coefficient (Wildman–Crippen LogP) is 5.05. The molecule has 5 atom stereocenters. The number of carboxylic acid groups (broad SMARTS) is 1. The maximum absolute atomic E-state index is 11.4. The van der Waals surface area contributed by atoms with Crippen LogP contribution in [0.1, 0.15) is 38.7 Å². The highest BCUT2D eigenvalue weighted by molar-refractivity contribution is 5.88. The molecule has 132 valence electrons. The molecular weight excluding hydrogens is 312 g/mol. The standard InChI is InChI=1S/C22H26O3/c1-4-15(21(23)24)20-17-11-22(3,12-18(17)20)25-19-7-5-6-14-9-8-13(2)10-16(14)19/h5-10,15,17-18,20H,4,11-12H2,1-3H3,(H,23,24)/t15?,17-,18+,20?,22?. The number of hydrogen-bond donors (Lipinski definition) is 1. The van der Waals surface area contributed by atoms with Gasteiger partial charge in [0.1, 0.15) is 11.4 Å². The number of ether oxygens (including phenoxy) is 1. The van der Waals surface area contributed by atoms with Crippen LogP contribution in [-0.2, 0) is 4.79 Å². The Kier molecular flexibility index (Phi) is 3.78. The van der Waals surface area contributed by atoms with Gasteiger partial charge < -0.3 is 9.84 Å². The molecule has 0 bridgehead atoms. The molecule has 0 aromatic heterocycles. The Balaban J connectivity index is 1.52. The predicted molar refractivity (Wildman–Crippen MR) is 98.8 cm³/mol. The highest BCUT2D eigenvalue weighted by Crippen LogP contribution is 2.64. The maximum Gasteiger partial charge on any atom is 0.306 e. The van der Waals surface area contributed by atoms with Gasteiger partial charge in [0.2, 0.25) is 0 Å². The molecule has 0 spiro atoms. The van der Waals surface area contributed by atoms with E-state index in [4.69, 9.17) is 4.74 Å². The Labute approximate surface area is 149 Å². The summed E-state index contributed by atoms with van der Waals surface area (Å²) in [6.45, 7) is 6.28. The molecule has 3 heteroatoms. The summed E-state index contributed by atoms with van der Waals surface area (Å²) in [5.41, 5.74) is 1.05. The Morgan fingerprint density at radius 1 is 1.28 bits per heavy atom. The zero-order valence-corrected chi connectivity index (χ0v) is 15.2. The fourth-order valence-electron chi connectivity index (χ4n) is 5.13. The number of aliphatic carboxylic acids is 1. The lowest BCUT2D eigenvalue weighted by Gasteiger charge is -2.30. The first-order valence-electron chi connectivity index (χ1n) is 9.33. The van der Waals surface area contributed by atoms with Crippen LogP contribution in [0, 0.1) is 30.6 Å². The van der Waals surface area contributed by atoms with Crippen LogP contribution in [-0.4, -0.2) is 16.7 Å². The van der Waals surface area contributed by atoms with Gasteiger partial charge in [-0.05, 0) is 68.4 Å². The lowest BCUT2D eigenvalue weighted by molar-refractivity contribution is -0.143. The van der Waals surface area contributed by atoms with Gasteiger partial charge in [-0.3, -0.25) is 4.79 Å². The van der Waals surface area contributed by atoms with Crippen LogP contribution in [0.15, 0.2) is 36.4 Å². The quantitative estimate of drug-likeness (QED) is 0.829. The van der Waals surface area contributed by atoms with Gasteiger partial charge in [-0.1, -0.05) is 36.8 Å². The summed E-state index contributed by atoms with van der Waals surface area (Å²) in [7, 11) is 0. The second kappa shape index (κ2) is 5.76. The monoisotopic (exact) mass is 338 g/mol. The van der Waals surface area contributed by atoms with E-state index in [0.29, 0.717) is 17.8 Å². The van der Waals surface area contributed by atoms with E-state index in [1.807, 2.05) is 13.0 Å². The molecule has 2 aliphatic rings. The molecule has 2 aromatic carbocycles. The first-order chi connectivity index (χ1) is 11.9. The van der Waals surface area contributed by atoms with Gasteiger partial charge >= 0.3 is 5.97 Å². The molecule has 4 rings (SSSR count). The van der Waals surface area contributed by atoms with Crippen molar-refractivity contribution < 1.29 is 14.6 Å². The van der Waals surface area contributed by atoms with Gasteiger partial charge in [-0.25, -0.2) is 0 Å². The minimum atomic E-state index is -0.631. The molecule has 2 fully saturated rings. The molecule has 2 saturated carbocycles. The van der Waals surface area contributed by atoms with Crippen molar-refractivity contribution in [3.05, 3.63) is 42.0 Å². The lowest BCUT2D eigenvalue weighted by atomic mass is 9.89. The Hall–Kier alpha value is -2.03.